The smallest absolute Gasteiger partial charge is 0.142 e. The molecule has 1 heterocycles. The average Bonchev–Trinajstić information content (AvgIpc) is 2.24. The van der Waals surface area contributed by atoms with E-state index in [4.69, 9.17) is 16.3 Å². The van der Waals surface area contributed by atoms with Crippen molar-refractivity contribution < 1.29 is 14.2 Å². The normalized spacial score (nSPS) is 19.7. The molecular formula is C12H14ClFO2. The van der Waals surface area contributed by atoms with Crippen LogP contribution in [0.25, 0.3) is 0 Å². The lowest BCUT2D eigenvalue weighted by atomic mass is 9.87. The Kier molecular flexibility index (Phi) is 3.47. The zero-order valence-corrected chi connectivity index (χ0v) is 9.63. The maximum Gasteiger partial charge on any atom is 0.142 e. The number of hydrogen-bond acceptors (Lipinski definition) is 2. The van der Waals surface area contributed by atoms with E-state index >= 15 is 0 Å². The molecule has 0 radical (unpaired) electrons. The van der Waals surface area contributed by atoms with Crippen LogP contribution >= 0.6 is 11.6 Å². The average molecular weight is 245 g/mol. The summed E-state index contributed by atoms with van der Waals surface area (Å²) in [4.78, 5) is 0. The van der Waals surface area contributed by atoms with Crippen LogP contribution in [-0.2, 0) is 11.2 Å². The van der Waals surface area contributed by atoms with Gasteiger partial charge in [0.2, 0.25) is 0 Å². The summed E-state index contributed by atoms with van der Waals surface area (Å²) in [5, 5.41) is 10.4. The third-order valence-electron chi connectivity index (χ3n) is 2.94. The third kappa shape index (κ3) is 2.73. The SMILES string of the molecule is OC1(Cc2ccc(Cl)c(F)c2)CCOCC1. The predicted octanol–water partition coefficient (Wildman–Crippen LogP) is 2.56. The highest BCUT2D eigenvalue weighted by molar-refractivity contribution is 6.30. The van der Waals surface area contributed by atoms with E-state index < -0.39 is 11.4 Å². The van der Waals surface area contributed by atoms with Gasteiger partial charge in [-0.05, 0) is 30.5 Å². The molecule has 2 rings (SSSR count). The van der Waals surface area contributed by atoms with Crippen LogP contribution in [0, 0.1) is 5.82 Å². The van der Waals surface area contributed by atoms with Crippen LogP contribution in [0.4, 0.5) is 4.39 Å². The zero-order valence-electron chi connectivity index (χ0n) is 8.88. The molecule has 4 heteroatoms. The molecule has 1 aliphatic rings. The topological polar surface area (TPSA) is 29.5 Å². The molecule has 1 aliphatic heterocycles. The fourth-order valence-electron chi connectivity index (χ4n) is 1.96. The van der Waals surface area contributed by atoms with E-state index in [0.29, 0.717) is 32.5 Å². The van der Waals surface area contributed by atoms with Crippen LogP contribution in [0.1, 0.15) is 18.4 Å². The van der Waals surface area contributed by atoms with Crippen LogP contribution in [0.3, 0.4) is 0 Å². The number of benzene rings is 1. The monoisotopic (exact) mass is 244 g/mol. The Morgan fingerprint density at radius 3 is 2.69 bits per heavy atom. The molecule has 0 saturated carbocycles. The molecule has 0 spiro atoms. The molecule has 1 aromatic carbocycles. The molecule has 0 unspecified atom stereocenters. The van der Waals surface area contributed by atoms with E-state index in [0.717, 1.165) is 5.56 Å². The van der Waals surface area contributed by atoms with Gasteiger partial charge in [-0.25, -0.2) is 4.39 Å². The second kappa shape index (κ2) is 4.70. The first kappa shape index (κ1) is 11.8. The number of hydrogen-bond donors (Lipinski definition) is 1. The molecule has 0 atom stereocenters. The number of rotatable bonds is 2. The summed E-state index contributed by atoms with van der Waals surface area (Å²) < 4.78 is 18.4. The summed E-state index contributed by atoms with van der Waals surface area (Å²) in [5.74, 6) is -0.435. The van der Waals surface area contributed by atoms with Crippen molar-refractivity contribution >= 4 is 11.6 Å². The summed E-state index contributed by atoms with van der Waals surface area (Å²) >= 11 is 5.60. The van der Waals surface area contributed by atoms with E-state index in [9.17, 15) is 9.50 Å². The van der Waals surface area contributed by atoms with Crippen molar-refractivity contribution in [3.05, 3.63) is 34.6 Å². The van der Waals surface area contributed by atoms with Gasteiger partial charge in [-0.1, -0.05) is 17.7 Å². The fraction of sp³-hybridized carbons (Fsp3) is 0.500. The van der Waals surface area contributed by atoms with Gasteiger partial charge in [0.15, 0.2) is 0 Å². The van der Waals surface area contributed by atoms with E-state index in [2.05, 4.69) is 0 Å². The lowest BCUT2D eigenvalue weighted by Gasteiger charge is -2.32. The highest BCUT2D eigenvalue weighted by Crippen LogP contribution is 2.26. The van der Waals surface area contributed by atoms with E-state index in [1.165, 1.54) is 12.1 Å². The minimum Gasteiger partial charge on any atom is -0.389 e. The fourth-order valence-corrected chi connectivity index (χ4v) is 2.08. The molecule has 2 nitrogen and oxygen atoms in total. The lowest BCUT2D eigenvalue weighted by Crippen LogP contribution is -2.38. The van der Waals surface area contributed by atoms with E-state index in [-0.39, 0.29) is 5.02 Å². The molecule has 1 saturated heterocycles. The number of halogens is 2. The molecular weight excluding hydrogens is 231 g/mol. The summed E-state index contributed by atoms with van der Waals surface area (Å²) in [6.45, 7) is 1.12. The second-order valence-corrected chi connectivity index (χ2v) is 4.67. The van der Waals surface area contributed by atoms with Gasteiger partial charge >= 0.3 is 0 Å². The standard InChI is InChI=1S/C12H14ClFO2/c13-10-2-1-9(7-11(10)14)8-12(15)3-5-16-6-4-12/h1-2,7,15H,3-6,8H2. The first-order valence-electron chi connectivity index (χ1n) is 5.33. The Balaban J connectivity index is 2.10. The minimum atomic E-state index is -0.765. The van der Waals surface area contributed by atoms with Gasteiger partial charge in [0.1, 0.15) is 5.82 Å². The van der Waals surface area contributed by atoms with Crippen molar-refractivity contribution in [1.82, 2.24) is 0 Å². The van der Waals surface area contributed by atoms with Gasteiger partial charge in [-0.15, -0.1) is 0 Å². The number of ether oxygens (including phenoxy) is 1. The molecule has 1 N–H and O–H groups in total. The van der Waals surface area contributed by atoms with E-state index in [1.54, 1.807) is 6.07 Å². The van der Waals surface area contributed by atoms with Crippen LogP contribution in [0.2, 0.25) is 5.02 Å². The van der Waals surface area contributed by atoms with Crippen molar-refractivity contribution in [2.75, 3.05) is 13.2 Å². The van der Waals surface area contributed by atoms with Crippen LogP contribution < -0.4 is 0 Å². The van der Waals surface area contributed by atoms with Gasteiger partial charge in [0, 0.05) is 19.6 Å². The molecule has 88 valence electrons. The van der Waals surface area contributed by atoms with Crippen LogP contribution in [0.5, 0.6) is 0 Å². The largest absolute Gasteiger partial charge is 0.389 e. The van der Waals surface area contributed by atoms with Crippen LogP contribution in [-0.4, -0.2) is 23.9 Å². The molecule has 0 aromatic heterocycles. The first-order chi connectivity index (χ1) is 7.59. The van der Waals surface area contributed by atoms with Gasteiger partial charge < -0.3 is 9.84 Å². The third-order valence-corrected chi connectivity index (χ3v) is 3.25. The Hall–Kier alpha value is -0.640. The zero-order chi connectivity index (χ0) is 11.6. The maximum atomic E-state index is 13.2. The van der Waals surface area contributed by atoms with E-state index in [1.807, 2.05) is 0 Å². The summed E-state index contributed by atoms with van der Waals surface area (Å²) in [7, 11) is 0. The van der Waals surface area contributed by atoms with Crippen molar-refractivity contribution in [3.63, 3.8) is 0 Å². The Morgan fingerprint density at radius 2 is 2.06 bits per heavy atom. The van der Waals surface area contributed by atoms with Crippen molar-refractivity contribution in [3.8, 4) is 0 Å². The summed E-state index contributed by atoms with van der Waals surface area (Å²) in [6.07, 6.45) is 1.64. The number of aliphatic hydroxyl groups is 1. The molecule has 0 amide bonds. The quantitative estimate of drug-likeness (QED) is 0.867. The minimum absolute atomic E-state index is 0.114. The van der Waals surface area contributed by atoms with Crippen molar-refractivity contribution in [2.24, 2.45) is 0 Å². The van der Waals surface area contributed by atoms with Gasteiger partial charge in [0.05, 0.1) is 10.6 Å². The van der Waals surface area contributed by atoms with Gasteiger partial charge in [-0.2, -0.15) is 0 Å². The van der Waals surface area contributed by atoms with Gasteiger partial charge in [-0.3, -0.25) is 0 Å². The highest BCUT2D eigenvalue weighted by atomic mass is 35.5. The Bertz CT molecular complexity index is 375. The van der Waals surface area contributed by atoms with Crippen molar-refractivity contribution in [2.45, 2.75) is 24.9 Å². The molecule has 16 heavy (non-hydrogen) atoms. The first-order valence-corrected chi connectivity index (χ1v) is 5.71. The molecule has 0 aliphatic carbocycles. The maximum absolute atomic E-state index is 13.2. The van der Waals surface area contributed by atoms with Crippen molar-refractivity contribution in [1.29, 1.82) is 0 Å². The lowest BCUT2D eigenvalue weighted by molar-refractivity contribution is -0.0626. The molecule has 0 bridgehead atoms. The van der Waals surface area contributed by atoms with Crippen LogP contribution in [0.15, 0.2) is 18.2 Å². The van der Waals surface area contributed by atoms with Gasteiger partial charge in [0.25, 0.3) is 0 Å². The summed E-state index contributed by atoms with van der Waals surface area (Å²) in [5.41, 5.74) is 0.00436. The second-order valence-electron chi connectivity index (χ2n) is 4.26. The predicted molar refractivity (Wildman–Crippen MR) is 60.1 cm³/mol. The Morgan fingerprint density at radius 1 is 1.38 bits per heavy atom. The molecule has 1 fully saturated rings. The highest BCUT2D eigenvalue weighted by Gasteiger charge is 2.29. The molecule has 1 aromatic rings. The Labute approximate surface area is 99.0 Å². The summed E-state index contributed by atoms with van der Waals surface area (Å²) in [6, 6.07) is 4.66.